The second kappa shape index (κ2) is 5.44. The Labute approximate surface area is 121 Å². The summed E-state index contributed by atoms with van der Waals surface area (Å²) in [5.74, 6) is -2.64. The molecule has 1 heterocycles. The number of carbonyl (C=O) groups excluding carboxylic acids is 1. The van der Waals surface area contributed by atoms with Crippen LogP contribution in [0, 0.1) is 12.8 Å². The van der Waals surface area contributed by atoms with Crippen LogP contribution < -0.4 is 4.90 Å². The van der Waals surface area contributed by atoms with Crippen LogP contribution in [0.1, 0.15) is 22.3 Å². The maximum Gasteiger partial charge on any atom is 0.335 e. The summed E-state index contributed by atoms with van der Waals surface area (Å²) < 4.78 is 34.0. The zero-order valence-corrected chi connectivity index (χ0v) is 12.1. The van der Waals surface area contributed by atoms with Crippen molar-refractivity contribution in [2.45, 2.75) is 13.3 Å². The second-order valence-electron chi connectivity index (χ2n) is 5.09. The number of nitrogens with zero attached hydrogens (tertiary/aromatic N) is 1. The molecule has 0 aromatic heterocycles. The molecule has 0 bridgehead atoms. The predicted molar refractivity (Wildman–Crippen MR) is 73.5 cm³/mol. The van der Waals surface area contributed by atoms with Crippen LogP contribution in [0.4, 0.5) is 9.57 Å². The van der Waals surface area contributed by atoms with E-state index in [4.69, 9.17) is 5.11 Å². The highest BCUT2D eigenvalue weighted by atomic mass is 32.3. The SMILES string of the molecule is Cc1cc(C(=O)O)ccc1N1CC(CS(=O)(=O)F)CC1=O. The van der Waals surface area contributed by atoms with E-state index in [0.717, 1.165) is 0 Å². The molecule has 8 heteroatoms. The number of aryl methyl sites for hydroxylation is 1. The number of rotatable bonds is 4. The Hall–Kier alpha value is -1.96. The molecule has 1 N–H and O–H groups in total. The van der Waals surface area contributed by atoms with E-state index in [2.05, 4.69) is 0 Å². The van der Waals surface area contributed by atoms with E-state index >= 15 is 0 Å². The van der Waals surface area contributed by atoms with E-state index in [0.29, 0.717) is 11.3 Å². The van der Waals surface area contributed by atoms with Crippen LogP contribution >= 0.6 is 0 Å². The Bertz CT molecular complexity index is 701. The first-order valence-electron chi connectivity index (χ1n) is 6.24. The van der Waals surface area contributed by atoms with Crippen LogP contribution in [0.15, 0.2) is 18.2 Å². The summed E-state index contributed by atoms with van der Waals surface area (Å²) in [5.41, 5.74) is 1.21. The van der Waals surface area contributed by atoms with Crippen LogP contribution in [0.2, 0.25) is 0 Å². The number of amides is 1. The number of carbonyl (C=O) groups is 2. The van der Waals surface area contributed by atoms with Gasteiger partial charge in [0.05, 0.1) is 11.3 Å². The van der Waals surface area contributed by atoms with Gasteiger partial charge in [-0.1, -0.05) is 0 Å². The highest BCUT2D eigenvalue weighted by Gasteiger charge is 2.34. The minimum atomic E-state index is -4.62. The monoisotopic (exact) mass is 315 g/mol. The van der Waals surface area contributed by atoms with Crippen LogP contribution in [-0.4, -0.2) is 37.7 Å². The number of halogens is 1. The molecule has 1 amide bonds. The van der Waals surface area contributed by atoms with Crippen molar-refractivity contribution in [2.24, 2.45) is 5.92 Å². The molecule has 0 radical (unpaired) electrons. The molecule has 1 atom stereocenters. The number of anilines is 1. The molecule has 21 heavy (non-hydrogen) atoms. The van der Waals surface area contributed by atoms with Gasteiger partial charge < -0.3 is 10.0 Å². The first kappa shape index (κ1) is 15.4. The largest absolute Gasteiger partial charge is 0.478 e. The second-order valence-corrected chi connectivity index (χ2v) is 6.50. The number of hydrogen-bond acceptors (Lipinski definition) is 4. The fraction of sp³-hybridized carbons (Fsp3) is 0.385. The summed E-state index contributed by atoms with van der Waals surface area (Å²) in [4.78, 5) is 24.2. The zero-order valence-electron chi connectivity index (χ0n) is 11.2. The number of carboxylic acids is 1. The smallest absolute Gasteiger partial charge is 0.335 e. The van der Waals surface area contributed by atoms with Crippen molar-refractivity contribution in [3.63, 3.8) is 0 Å². The first-order chi connectivity index (χ1) is 9.67. The number of carboxylic acid groups (broad SMARTS) is 1. The van der Waals surface area contributed by atoms with Gasteiger partial charge >= 0.3 is 16.2 Å². The molecule has 1 saturated heterocycles. The lowest BCUT2D eigenvalue weighted by Gasteiger charge is -2.19. The Morgan fingerprint density at radius 2 is 2.14 bits per heavy atom. The Morgan fingerprint density at radius 3 is 2.67 bits per heavy atom. The van der Waals surface area contributed by atoms with Gasteiger partial charge in [-0.15, -0.1) is 3.89 Å². The highest BCUT2D eigenvalue weighted by molar-refractivity contribution is 7.86. The van der Waals surface area contributed by atoms with Gasteiger partial charge in [-0.25, -0.2) is 4.79 Å². The first-order valence-corrected chi connectivity index (χ1v) is 7.79. The quantitative estimate of drug-likeness (QED) is 0.847. The molecule has 0 saturated carbocycles. The van der Waals surface area contributed by atoms with Crippen molar-refractivity contribution in [3.8, 4) is 0 Å². The molecule has 1 aliphatic rings. The van der Waals surface area contributed by atoms with Crippen LogP contribution in [0.25, 0.3) is 0 Å². The van der Waals surface area contributed by atoms with Gasteiger partial charge in [-0.2, -0.15) is 8.42 Å². The normalized spacial score (nSPS) is 19.0. The van der Waals surface area contributed by atoms with Crippen LogP contribution in [-0.2, 0) is 15.0 Å². The van der Waals surface area contributed by atoms with E-state index in [-0.39, 0.29) is 24.4 Å². The van der Waals surface area contributed by atoms with Crippen molar-refractivity contribution in [1.82, 2.24) is 0 Å². The van der Waals surface area contributed by atoms with Gasteiger partial charge in [0, 0.05) is 24.6 Å². The summed E-state index contributed by atoms with van der Waals surface area (Å²) in [6.45, 7) is 1.77. The third kappa shape index (κ3) is 3.57. The van der Waals surface area contributed by atoms with E-state index in [1.807, 2.05) is 0 Å². The average Bonchev–Trinajstić information content (AvgIpc) is 2.67. The molecule has 1 unspecified atom stereocenters. The highest BCUT2D eigenvalue weighted by Crippen LogP contribution is 2.29. The summed E-state index contributed by atoms with van der Waals surface area (Å²) in [6.07, 6.45) is -0.0384. The van der Waals surface area contributed by atoms with Crippen molar-refractivity contribution >= 4 is 27.8 Å². The molecule has 114 valence electrons. The van der Waals surface area contributed by atoms with Crippen molar-refractivity contribution < 1.29 is 27.0 Å². The van der Waals surface area contributed by atoms with Gasteiger partial charge in [-0.05, 0) is 30.7 Å². The molecule has 6 nitrogen and oxygen atoms in total. The summed E-state index contributed by atoms with van der Waals surface area (Å²) in [6, 6.07) is 4.31. The van der Waals surface area contributed by atoms with Gasteiger partial charge in [-0.3, -0.25) is 4.79 Å². The predicted octanol–water partition coefficient (Wildman–Crippen LogP) is 1.35. The van der Waals surface area contributed by atoms with Gasteiger partial charge in [0.25, 0.3) is 0 Å². The molecule has 1 fully saturated rings. The molecule has 1 aliphatic heterocycles. The molecule has 1 aromatic carbocycles. The minimum Gasteiger partial charge on any atom is -0.478 e. The summed E-state index contributed by atoms with van der Waals surface area (Å²) in [7, 11) is -4.62. The van der Waals surface area contributed by atoms with Gasteiger partial charge in [0.2, 0.25) is 5.91 Å². The minimum absolute atomic E-state index is 0.0384. The van der Waals surface area contributed by atoms with E-state index in [9.17, 15) is 21.9 Å². The maximum atomic E-state index is 12.7. The van der Waals surface area contributed by atoms with Gasteiger partial charge in [0.15, 0.2) is 0 Å². The number of hydrogen-bond donors (Lipinski definition) is 1. The molecule has 2 rings (SSSR count). The topological polar surface area (TPSA) is 91.8 Å². The van der Waals surface area contributed by atoms with Crippen molar-refractivity contribution in [1.29, 1.82) is 0 Å². The molecular formula is C13H14FNO5S. The van der Waals surface area contributed by atoms with E-state index in [1.54, 1.807) is 6.92 Å². The number of benzene rings is 1. The number of aromatic carboxylic acids is 1. The Kier molecular flexibility index (Phi) is 3.99. The molecule has 0 spiro atoms. The summed E-state index contributed by atoms with van der Waals surface area (Å²) >= 11 is 0. The maximum absolute atomic E-state index is 12.7. The van der Waals surface area contributed by atoms with E-state index < -0.39 is 27.9 Å². The third-order valence-corrected chi connectivity index (χ3v) is 4.24. The lowest BCUT2D eigenvalue weighted by molar-refractivity contribution is -0.117. The lowest BCUT2D eigenvalue weighted by Crippen LogP contribution is -2.26. The van der Waals surface area contributed by atoms with Crippen LogP contribution in [0.5, 0.6) is 0 Å². The Morgan fingerprint density at radius 1 is 1.48 bits per heavy atom. The van der Waals surface area contributed by atoms with Crippen molar-refractivity contribution in [2.75, 3.05) is 17.2 Å². The summed E-state index contributed by atoms with van der Waals surface area (Å²) in [5, 5.41) is 8.90. The fourth-order valence-electron chi connectivity index (χ4n) is 2.50. The molecule has 1 aromatic rings. The van der Waals surface area contributed by atoms with Gasteiger partial charge in [0.1, 0.15) is 0 Å². The molecular weight excluding hydrogens is 301 g/mol. The Balaban J connectivity index is 2.23. The fourth-order valence-corrected chi connectivity index (χ4v) is 3.29. The van der Waals surface area contributed by atoms with Crippen molar-refractivity contribution in [3.05, 3.63) is 29.3 Å². The average molecular weight is 315 g/mol. The van der Waals surface area contributed by atoms with E-state index in [1.165, 1.54) is 23.1 Å². The standard InChI is InChI=1S/C13H14FNO5S/c1-8-4-10(13(17)18)2-3-11(8)15-6-9(5-12(15)16)7-21(14,19)20/h2-4,9H,5-7H2,1H3,(H,17,18). The molecule has 0 aliphatic carbocycles. The third-order valence-electron chi connectivity index (χ3n) is 3.37. The lowest BCUT2D eigenvalue weighted by atomic mass is 10.1. The van der Waals surface area contributed by atoms with Crippen LogP contribution in [0.3, 0.4) is 0 Å². The zero-order chi connectivity index (χ0) is 15.8.